The lowest BCUT2D eigenvalue weighted by Gasteiger charge is -2.30. The Balaban J connectivity index is 1.68. The summed E-state index contributed by atoms with van der Waals surface area (Å²) < 4.78 is 3.64. The second kappa shape index (κ2) is 5.58. The number of carbonyl (C=O) groups excluding carboxylic acids is 1. The average molecular weight is 339 g/mol. The molecular formula is C17H21N7O. The molecule has 4 heterocycles. The third kappa shape index (κ3) is 2.45. The number of amides is 1. The van der Waals surface area contributed by atoms with E-state index >= 15 is 0 Å². The Morgan fingerprint density at radius 1 is 1.24 bits per heavy atom. The van der Waals surface area contributed by atoms with E-state index in [1.165, 1.54) is 0 Å². The number of fused-ring (bicyclic) bond motifs is 2. The van der Waals surface area contributed by atoms with Crippen LogP contribution in [0.3, 0.4) is 0 Å². The molecule has 1 aliphatic rings. The standard InChI is InChI=1S/C17H21N7O/c1-11-19-14-10-23(6-5-12(14)15(20-11)21(2)3)17(25)13-9-18-24-8-7-22(4)16(13)24/h7-9H,5-6,10H2,1-4H3. The molecule has 0 atom stereocenters. The molecule has 8 nitrogen and oxygen atoms in total. The molecular weight excluding hydrogens is 318 g/mol. The van der Waals surface area contributed by atoms with Gasteiger partial charge in [-0.1, -0.05) is 0 Å². The zero-order valence-corrected chi connectivity index (χ0v) is 14.9. The number of rotatable bonds is 2. The van der Waals surface area contributed by atoms with Crippen molar-refractivity contribution in [2.24, 2.45) is 7.05 Å². The van der Waals surface area contributed by atoms with Gasteiger partial charge in [-0.15, -0.1) is 0 Å². The fourth-order valence-corrected chi connectivity index (χ4v) is 3.45. The minimum atomic E-state index is -0.00915. The van der Waals surface area contributed by atoms with Gasteiger partial charge in [0.25, 0.3) is 5.91 Å². The molecule has 4 rings (SSSR count). The van der Waals surface area contributed by atoms with Crippen LogP contribution < -0.4 is 4.90 Å². The van der Waals surface area contributed by atoms with E-state index in [0.717, 1.165) is 35.0 Å². The van der Waals surface area contributed by atoms with E-state index in [4.69, 9.17) is 0 Å². The van der Waals surface area contributed by atoms with Crippen LogP contribution in [0.4, 0.5) is 5.82 Å². The van der Waals surface area contributed by atoms with Crippen molar-refractivity contribution in [3.63, 3.8) is 0 Å². The maximum absolute atomic E-state index is 13.0. The van der Waals surface area contributed by atoms with E-state index < -0.39 is 0 Å². The van der Waals surface area contributed by atoms with Gasteiger partial charge in [0.1, 0.15) is 22.9 Å². The molecule has 0 aliphatic carbocycles. The Morgan fingerprint density at radius 3 is 2.80 bits per heavy atom. The van der Waals surface area contributed by atoms with Gasteiger partial charge in [0, 0.05) is 45.6 Å². The molecule has 25 heavy (non-hydrogen) atoms. The van der Waals surface area contributed by atoms with Crippen LogP contribution >= 0.6 is 0 Å². The van der Waals surface area contributed by atoms with Crippen LogP contribution in [0, 0.1) is 6.92 Å². The van der Waals surface area contributed by atoms with Crippen molar-refractivity contribution in [3.05, 3.63) is 41.2 Å². The van der Waals surface area contributed by atoms with Crippen LogP contribution in [-0.2, 0) is 20.0 Å². The first kappa shape index (κ1) is 15.6. The van der Waals surface area contributed by atoms with E-state index in [-0.39, 0.29) is 5.91 Å². The molecule has 0 saturated heterocycles. The number of nitrogens with zero attached hydrogens (tertiary/aromatic N) is 7. The number of aromatic nitrogens is 5. The molecule has 0 spiro atoms. The smallest absolute Gasteiger partial charge is 0.259 e. The summed E-state index contributed by atoms with van der Waals surface area (Å²) in [7, 11) is 5.89. The summed E-state index contributed by atoms with van der Waals surface area (Å²) in [5, 5.41) is 4.27. The highest BCUT2D eigenvalue weighted by Crippen LogP contribution is 2.26. The molecule has 0 radical (unpaired) electrons. The molecule has 8 heteroatoms. The number of anilines is 1. The van der Waals surface area contributed by atoms with Gasteiger partial charge in [-0.25, -0.2) is 14.5 Å². The van der Waals surface area contributed by atoms with Crippen LogP contribution in [0.15, 0.2) is 18.6 Å². The van der Waals surface area contributed by atoms with Gasteiger partial charge >= 0.3 is 0 Å². The second-order valence-electron chi connectivity index (χ2n) is 6.63. The van der Waals surface area contributed by atoms with Crippen LogP contribution in [0.2, 0.25) is 0 Å². The first-order valence-corrected chi connectivity index (χ1v) is 8.27. The molecule has 0 N–H and O–H groups in total. The lowest BCUT2D eigenvalue weighted by Crippen LogP contribution is -2.37. The van der Waals surface area contributed by atoms with Crippen LogP contribution in [0.1, 0.15) is 27.4 Å². The van der Waals surface area contributed by atoms with Gasteiger partial charge in [0.05, 0.1) is 18.4 Å². The van der Waals surface area contributed by atoms with Gasteiger partial charge in [0.2, 0.25) is 0 Å². The number of imidazole rings is 1. The minimum absolute atomic E-state index is 0.00915. The first-order chi connectivity index (χ1) is 12.0. The largest absolute Gasteiger partial charge is 0.362 e. The molecule has 0 saturated carbocycles. The highest BCUT2D eigenvalue weighted by Gasteiger charge is 2.28. The molecule has 3 aromatic heterocycles. The molecule has 3 aromatic rings. The molecule has 0 unspecified atom stereocenters. The van der Waals surface area contributed by atoms with Crippen molar-refractivity contribution in [1.82, 2.24) is 29.0 Å². The summed E-state index contributed by atoms with van der Waals surface area (Å²) in [6, 6.07) is 0. The Labute approximate surface area is 145 Å². The van der Waals surface area contributed by atoms with Crippen molar-refractivity contribution in [1.29, 1.82) is 0 Å². The van der Waals surface area contributed by atoms with Crippen molar-refractivity contribution in [3.8, 4) is 0 Å². The number of carbonyl (C=O) groups is 1. The summed E-state index contributed by atoms with van der Waals surface area (Å²) in [5.74, 6) is 1.67. The predicted octanol–water partition coefficient (Wildman–Crippen LogP) is 1.04. The zero-order valence-electron chi connectivity index (χ0n) is 14.9. The van der Waals surface area contributed by atoms with Crippen LogP contribution in [-0.4, -0.2) is 55.6 Å². The third-order valence-electron chi connectivity index (χ3n) is 4.63. The van der Waals surface area contributed by atoms with E-state index in [1.54, 1.807) is 10.7 Å². The van der Waals surface area contributed by atoms with Crippen molar-refractivity contribution in [2.75, 3.05) is 25.5 Å². The quantitative estimate of drug-likeness (QED) is 0.697. The van der Waals surface area contributed by atoms with Crippen molar-refractivity contribution < 1.29 is 4.79 Å². The van der Waals surface area contributed by atoms with Gasteiger partial charge in [-0.05, 0) is 13.3 Å². The fraction of sp³-hybridized carbons (Fsp3) is 0.412. The van der Waals surface area contributed by atoms with E-state index in [2.05, 4.69) is 15.1 Å². The Hall–Kier alpha value is -2.90. The van der Waals surface area contributed by atoms with Crippen LogP contribution in [0.25, 0.3) is 5.65 Å². The SMILES string of the molecule is Cc1nc2c(c(N(C)C)n1)CCN(C(=O)c1cnn3ccn(C)c13)C2. The second-order valence-corrected chi connectivity index (χ2v) is 6.63. The van der Waals surface area contributed by atoms with Crippen molar-refractivity contribution in [2.45, 2.75) is 19.9 Å². The minimum Gasteiger partial charge on any atom is -0.362 e. The summed E-state index contributed by atoms with van der Waals surface area (Å²) in [4.78, 5) is 26.0. The Kier molecular flexibility index (Phi) is 3.48. The van der Waals surface area contributed by atoms with Gasteiger partial charge < -0.3 is 14.4 Å². The highest BCUT2D eigenvalue weighted by atomic mass is 16.2. The van der Waals surface area contributed by atoms with E-state index in [1.807, 2.05) is 54.8 Å². The average Bonchev–Trinajstić information content (AvgIpc) is 3.16. The number of aryl methyl sites for hydroxylation is 2. The summed E-state index contributed by atoms with van der Waals surface area (Å²) in [6.45, 7) is 3.04. The summed E-state index contributed by atoms with van der Waals surface area (Å²) in [6.07, 6.45) is 6.14. The predicted molar refractivity (Wildman–Crippen MR) is 93.7 cm³/mol. The highest BCUT2D eigenvalue weighted by molar-refractivity contribution is 5.99. The van der Waals surface area contributed by atoms with Crippen LogP contribution in [0.5, 0.6) is 0 Å². The first-order valence-electron chi connectivity index (χ1n) is 8.27. The summed E-state index contributed by atoms with van der Waals surface area (Å²) >= 11 is 0. The third-order valence-corrected chi connectivity index (χ3v) is 4.63. The molecule has 0 bridgehead atoms. The maximum Gasteiger partial charge on any atom is 0.259 e. The number of hydrogen-bond donors (Lipinski definition) is 0. The van der Waals surface area contributed by atoms with Gasteiger partial charge in [-0.2, -0.15) is 5.10 Å². The Bertz CT molecular complexity index is 969. The lowest BCUT2D eigenvalue weighted by atomic mass is 10.0. The summed E-state index contributed by atoms with van der Waals surface area (Å²) in [5.41, 5.74) is 3.50. The monoisotopic (exact) mass is 339 g/mol. The normalized spacial score (nSPS) is 14.0. The lowest BCUT2D eigenvalue weighted by molar-refractivity contribution is 0.0733. The topological polar surface area (TPSA) is 71.6 Å². The zero-order chi connectivity index (χ0) is 17.7. The van der Waals surface area contributed by atoms with Crippen molar-refractivity contribution >= 4 is 17.4 Å². The van der Waals surface area contributed by atoms with E-state index in [9.17, 15) is 4.79 Å². The van der Waals surface area contributed by atoms with Gasteiger partial charge in [-0.3, -0.25) is 4.79 Å². The van der Waals surface area contributed by atoms with Gasteiger partial charge in [0.15, 0.2) is 0 Å². The van der Waals surface area contributed by atoms with E-state index in [0.29, 0.717) is 18.7 Å². The number of hydrogen-bond acceptors (Lipinski definition) is 5. The Morgan fingerprint density at radius 2 is 2.04 bits per heavy atom. The fourth-order valence-electron chi connectivity index (χ4n) is 3.45. The molecule has 1 amide bonds. The maximum atomic E-state index is 13.0. The molecule has 1 aliphatic heterocycles. The molecule has 0 fully saturated rings. The molecule has 0 aromatic carbocycles. The molecule has 130 valence electrons.